The molecule has 0 radical (unpaired) electrons. The van der Waals surface area contributed by atoms with Gasteiger partial charge < -0.3 is 15.2 Å². The fourth-order valence-electron chi connectivity index (χ4n) is 3.25. The van der Waals surface area contributed by atoms with Crippen LogP contribution in [0.5, 0.6) is 0 Å². The number of rotatable bonds is 7. The van der Waals surface area contributed by atoms with Crippen molar-refractivity contribution in [1.29, 1.82) is 0 Å². The number of carbonyl (C=O) groups excluding carboxylic acids is 2. The Labute approximate surface area is 153 Å². The zero-order valence-corrected chi connectivity index (χ0v) is 15.1. The molecule has 1 aliphatic heterocycles. The molecule has 2 aromatic rings. The number of aromatic nitrogens is 3. The molecular formula is C19H25N5O2. The van der Waals surface area contributed by atoms with E-state index in [9.17, 15) is 9.59 Å². The van der Waals surface area contributed by atoms with E-state index in [0.29, 0.717) is 19.5 Å². The molecule has 2 N–H and O–H groups in total. The first-order valence-electron chi connectivity index (χ1n) is 9.06. The van der Waals surface area contributed by atoms with Crippen LogP contribution in [0, 0.1) is 0 Å². The molecule has 1 unspecified atom stereocenters. The number of amides is 2. The minimum absolute atomic E-state index is 0.0643. The minimum atomic E-state index is -0.0643. The lowest BCUT2D eigenvalue weighted by Crippen LogP contribution is -2.28. The van der Waals surface area contributed by atoms with Gasteiger partial charge in [0.1, 0.15) is 5.82 Å². The molecule has 1 aliphatic rings. The van der Waals surface area contributed by atoms with E-state index in [0.717, 1.165) is 37.3 Å². The summed E-state index contributed by atoms with van der Waals surface area (Å²) in [5.74, 6) is 1.29. The van der Waals surface area contributed by atoms with E-state index in [-0.39, 0.29) is 17.7 Å². The maximum atomic E-state index is 12.4. The Kier molecular flexibility index (Phi) is 5.99. The molecule has 138 valence electrons. The van der Waals surface area contributed by atoms with E-state index >= 15 is 0 Å². The van der Waals surface area contributed by atoms with E-state index in [1.165, 1.54) is 12.5 Å². The molecule has 2 aromatic heterocycles. The number of aryl methyl sites for hydroxylation is 1. The normalized spacial score (nSPS) is 16.7. The Morgan fingerprint density at radius 3 is 2.92 bits per heavy atom. The van der Waals surface area contributed by atoms with Crippen molar-refractivity contribution in [2.75, 3.05) is 13.1 Å². The van der Waals surface area contributed by atoms with Crippen molar-refractivity contribution in [3.8, 4) is 0 Å². The lowest BCUT2D eigenvalue weighted by molar-refractivity contribution is -0.130. The molecular weight excluding hydrogens is 330 g/mol. The van der Waals surface area contributed by atoms with Crippen LogP contribution in [0.2, 0.25) is 0 Å². The van der Waals surface area contributed by atoms with Crippen LogP contribution < -0.4 is 5.32 Å². The highest BCUT2D eigenvalue weighted by Crippen LogP contribution is 2.25. The predicted molar refractivity (Wildman–Crippen MR) is 97.2 cm³/mol. The fourth-order valence-corrected chi connectivity index (χ4v) is 3.25. The minimum Gasteiger partial charge on any atom is -0.351 e. The first kappa shape index (κ1) is 18.1. The zero-order valence-electron chi connectivity index (χ0n) is 15.1. The molecule has 3 rings (SSSR count). The quantitative estimate of drug-likeness (QED) is 0.792. The maximum Gasteiger partial charge on any atom is 0.222 e. The monoisotopic (exact) mass is 355 g/mol. The van der Waals surface area contributed by atoms with Gasteiger partial charge in [-0.15, -0.1) is 0 Å². The van der Waals surface area contributed by atoms with E-state index in [1.807, 2.05) is 17.0 Å². The van der Waals surface area contributed by atoms with Gasteiger partial charge in [0.2, 0.25) is 11.8 Å². The summed E-state index contributed by atoms with van der Waals surface area (Å²) in [6.45, 7) is 3.43. The van der Waals surface area contributed by atoms with Gasteiger partial charge in [0.05, 0.1) is 18.4 Å². The summed E-state index contributed by atoms with van der Waals surface area (Å²) in [4.78, 5) is 37.0. The van der Waals surface area contributed by atoms with Gasteiger partial charge in [0.15, 0.2) is 0 Å². The zero-order chi connectivity index (χ0) is 18.4. The van der Waals surface area contributed by atoms with Gasteiger partial charge in [-0.1, -0.05) is 0 Å². The number of imidazole rings is 1. The molecule has 0 saturated carbocycles. The van der Waals surface area contributed by atoms with Crippen molar-refractivity contribution >= 4 is 11.8 Å². The highest BCUT2D eigenvalue weighted by Gasteiger charge is 2.28. The summed E-state index contributed by atoms with van der Waals surface area (Å²) in [7, 11) is 0. The van der Waals surface area contributed by atoms with Crippen molar-refractivity contribution in [3.63, 3.8) is 0 Å². The van der Waals surface area contributed by atoms with E-state index in [1.54, 1.807) is 18.6 Å². The first-order chi connectivity index (χ1) is 12.6. The number of nitrogens with zero attached hydrogens (tertiary/aromatic N) is 3. The van der Waals surface area contributed by atoms with Crippen LogP contribution in [0.4, 0.5) is 0 Å². The van der Waals surface area contributed by atoms with E-state index in [4.69, 9.17) is 0 Å². The average molecular weight is 355 g/mol. The van der Waals surface area contributed by atoms with Gasteiger partial charge in [0.25, 0.3) is 0 Å². The summed E-state index contributed by atoms with van der Waals surface area (Å²) >= 11 is 0. The van der Waals surface area contributed by atoms with Crippen LogP contribution in [-0.2, 0) is 22.6 Å². The van der Waals surface area contributed by atoms with E-state index in [2.05, 4.69) is 20.3 Å². The Balaban J connectivity index is 1.44. The SMILES string of the molecule is CC(=O)NCc1cnc(C2CCN(C(=O)CCCc3ccncc3)C2)[nH]1. The third-order valence-corrected chi connectivity index (χ3v) is 4.71. The lowest BCUT2D eigenvalue weighted by Gasteiger charge is -2.16. The summed E-state index contributed by atoms with van der Waals surface area (Å²) in [5.41, 5.74) is 2.10. The summed E-state index contributed by atoms with van der Waals surface area (Å²) in [5, 5.41) is 2.75. The number of hydrogen-bond donors (Lipinski definition) is 2. The third-order valence-electron chi connectivity index (χ3n) is 4.71. The standard InChI is InChI=1S/C19H25N5O2/c1-14(25)21-11-17-12-22-19(23-17)16-7-10-24(13-16)18(26)4-2-3-15-5-8-20-9-6-15/h5-6,8-9,12,16H,2-4,7,10-11,13H2,1H3,(H,21,25)(H,22,23). The second-order valence-electron chi connectivity index (χ2n) is 6.74. The third kappa shape index (κ3) is 4.91. The molecule has 2 amide bonds. The fraction of sp³-hybridized carbons (Fsp3) is 0.474. The largest absolute Gasteiger partial charge is 0.351 e. The maximum absolute atomic E-state index is 12.4. The van der Waals surface area contributed by atoms with Crippen LogP contribution in [0.15, 0.2) is 30.7 Å². The van der Waals surface area contributed by atoms with Gasteiger partial charge in [0, 0.05) is 44.7 Å². The molecule has 0 spiro atoms. The summed E-state index contributed by atoms with van der Waals surface area (Å²) in [6.07, 6.45) is 8.56. The number of H-pyrrole nitrogens is 1. The molecule has 3 heterocycles. The number of hydrogen-bond acceptors (Lipinski definition) is 4. The van der Waals surface area contributed by atoms with Crippen LogP contribution in [0.3, 0.4) is 0 Å². The van der Waals surface area contributed by atoms with Gasteiger partial charge in [-0.2, -0.15) is 0 Å². The second-order valence-corrected chi connectivity index (χ2v) is 6.74. The number of carbonyl (C=O) groups is 2. The first-order valence-corrected chi connectivity index (χ1v) is 9.06. The number of aromatic amines is 1. The van der Waals surface area contributed by atoms with Crippen LogP contribution >= 0.6 is 0 Å². The van der Waals surface area contributed by atoms with Gasteiger partial charge in [-0.05, 0) is 37.0 Å². The van der Waals surface area contributed by atoms with Crippen molar-refractivity contribution < 1.29 is 9.59 Å². The van der Waals surface area contributed by atoms with Gasteiger partial charge >= 0.3 is 0 Å². The topological polar surface area (TPSA) is 91.0 Å². The molecule has 0 aromatic carbocycles. The van der Waals surface area contributed by atoms with Gasteiger partial charge in [-0.25, -0.2) is 4.98 Å². The smallest absolute Gasteiger partial charge is 0.222 e. The van der Waals surface area contributed by atoms with Crippen LogP contribution in [0.1, 0.15) is 49.2 Å². The molecule has 1 atom stereocenters. The summed E-state index contributed by atoms with van der Waals surface area (Å²) in [6, 6.07) is 3.98. The van der Waals surface area contributed by atoms with Crippen molar-refractivity contribution in [2.45, 2.75) is 45.1 Å². The molecule has 1 fully saturated rings. The second kappa shape index (κ2) is 8.60. The van der Waals surface area contributed by atoms with E-state index < -0.39 is 0 Å². The van der Waals surface area contributed by atoms with Crippen LogP contribution in [-0.4, -0.2) is 44.8 Å². The summed E-state index contributed by atoms with van der Waals surface area (Å²) < 4.78 is 0. The molecule has 1 saturated heterocycles. The Bertz CT molecular complexity index is 743. The molecule has 7 nitrogen and oxygen atoms in total. The predicted octanol–water partition coefficient (Wildman–Crippen LogP) is 1.78. The van der Waals surface area contributed by atoms with Crippen molar-refractivity contribution in [2.24, 2.45) is 0 Å². The lowest BCUT2D eigenvalue weighted by atomic mass is 10.1. The van der Waals surface area contributed by atoms with Crippen molar-refractivity contribution in [1.82, 2.24) is 25.2 Å². The van der Waals surface area contributed by atoms with Crippen LogP contribution in [0.25, 0.3) is 0 Å². The Morgan fingerprint density at radius 2 is 2.15 bits per heavy atom. The Morgan fingerprint density at radius 1 is 1.35 bits per heavy atom. The van der Waals surface area contributed by atoms with Crippen molar-refractivity contribution in [3.05, 3.63) is 47.8 Å². The average Bonchev–Trinajstić information content (AvgIpc) is 3.30. The number of pyridine rings is 1. The van der Waals surface area contributed by atoms with Gasteiger partial charge in [-0.3, -0.25) is 14.6 Å². The molecule has 26 heavy (non-hydrogen) atoms. The highest BCUT2D eigenvalue weighted by molar-refractivity contribution is 5.76. The molecule has 7 heteroatoms. The highest BCUT2D eigenvalue weighted by atomic mass is 16.2. The number of nitrogens with one attached hydrogen (secondary N) is 2. The molecule has 0 aliphatic carbocycles. The molecule has 0 bridgehead atoms. The number of likely N-dealkylation sites (tertiary alicyclic amines) is 1. The Hall–Kier alpha value is -2.70.